The quantitative estimate of drug-likeness (QED) is 0.452. The number of sulfonamides is 1. The van der Waals surface area contributed by atoms with Crippen molar-refractivity contribution in [1.82, 2.24) is 5.32 Å². The molecule has 9 nitrogen and oxygen atoms in total. The van der Waals surface area contributed by atoms with Gasteiger partial charge in [-0.05, 0) is 31.4 Å². The number of nitrogens with zero attached hydrogens (tertiary/aromatic N) is 2. The van der Waals surface area contributed by atoms with Crippen LogP contribution in [0.25, 0.3) is 0 Å². The molecule has 0 aliphatic rings. The molecule has 10 heteroatoms. The van der Waals surface area contributed by atoms with Crippen LogP contribution in [0.2, 0.25) is 0 Å². The summed E-state index contributed by atoms with van der Waals surface area (Å²) in [5, 5.41) is 13.9. The molecule has 0 unspecified atom stereocenters. The second-order valence-electron chi connectivity index (χ2n) is 6.88. The molecule has 0 aliphatic heterocycles. The highest BCUT2D eigenvalue weighted by molar-refractivity contribution is 7.92. The average Bonchev–Trinajstić information content (AvgIpc) is 2.70. The van der Waals surface area contributed by atoms with Gasteiger partial charge in [0.1, 0.15) is 18.0 Å². The summed E-state index contributed by atoms with van der Waals surface area (Å²) in [5.41, 5.74) is 0.759. The molecular formula is C20H25N3O6S. The average molecular weight is 436 g/mol. The number of carbonyl (C=O) groups excluding carboxylic acids is 1. The number of aryl methyl sites for hydroxylation is 1. The van der Waals surface area contributed by atoms with Crippen molar-refractivity contribution in [2.24, 2.45) is 0 Å². The van der Waals surface area contributed by atoms with E-state index in [4.69, 9.17) is 4.74 Å². The number of nitro benzene ring substituents is 1. The predicted octanol–water partition coefficient (Wildman–Crippen LogP) is 2.51. The summed E-state index contributed by atoms with van der Waals surface area (Å²) in [6.07, 6.45) is 2.36. The van der Waals surface area contributed by atoms with Gasteiger partial charge in [0.15, 0.2) is 0 Å². The maximum absolute atomic E-state index is 12.5. The van der Waals surface area contributed by atoms with Crippen LogP contribution in [0.4, 0.5) is 11.4 Å². The van der Waals surface area contributed by atoms with Crippen molar-refractivity contribution in [2.75, 3.05) is 24.2 Å². The van der Waals surface area contributed by atoms with Gasteiger partial charge in [-0.1, -0.05) is 30.3 Å². The number of nitro groups is 1. The third-order valence-electron chi connectivity index (χ3n) is 4.45. The van der Waals surface area contributed by atoms with Crippen molar-refractivity contribution in [2.45, 2.75) is 25.8 Å². The largest absolute Gasteiger partial charge is 0.495 e. The first kappa shape index (κ1) is 23.1. The van der Waals surface area contributed by atoms with Gasteiger partial charge in [0.05, 0.1) is 18.3 Å². The molecule has 0 aliphatic carbocycles. The Balaban J connectivity index is 2.14. The molecular weight excluding hydrogens is 410 g/mol. The van der Waals surface area contributed by atoms with Crippen molar-refractivity contribution in [3.8, 4) is 5.75 Å². The van der Waals surface area contributed by atoms with E-state index in [0.717, 1.165) is 28.6 Å². The molecule has 0 saturated heterocycles. The topological polar surface area (TPSA) is 119 Å². The number of ether oxygens (including phenoxy) is 1. The Morgan fingerprint density at radius 2 is 1.90 bits per heavy atom. The molecule has 0 aromatic heterocycles. The lowest BCUT2D eigenvalue weighted by atomic mass is 10.1. The van der Waals surface area contributed by atoms with Crippen LogP contribution in [0.1, 0.15) is 18.9 Å². The minimum atomic E-state index is -3.91. The molecule has 0 saturated carbocycles. The summed E-state index contributed by atoms with van der Waals surface area (Å²) in [6, 6.07) is 13.2. The normalized spacial score (nSPS) is 12.1. The summed E-state index contributed by atoms with van der Waals surface area (Å²) < 4.78 is 30.6. The van der Waals surface area contributed by atoms with Crippen LogP contribution in [0, 0.1) is 10.1 Å². The van der Waals surface area contributed by atoms with E-state index in [9.17, 15) is 23.3 Å². The fourth-order valence-corrected chi connectivity index (χ4v) is 3.77. The van der Waals surface area contributed by atoms with E-state index in [-0.39, 0.29) is 23.2 Å². The zero-order valence-electron chi connectivity index (χ0n) is 17.1. The standard InChI is InChI=1S/C20H25N3O6S/c1-15(9-10-16-7-5-4-6-8-16)21-20(24)14-22(30(3,27)28)18-13-17(23(25)26)11-12-19(18)29-2/h4-8,11-13,15H,9-10,14H2,1-3H3,(H,21,24)/t15-/m1/s1. The van der Waals surface area contributed by atoms with Gasteiger partial charge in [-0.25, -0.2) is 8.42 Å². The van der Waals surface area contributed by atoms with E-state index < -0.39 is 27.4 Å². The Labute approximate surface area is 175 Å². The number of rotatable bonds is 10. The smallest absolute Gasteiger partial charge is 0.271 e. The third kappa shape index (κ3) is 6.45. The molecule has 1 atom stereocenters. The number of benzene rings is 2. The first-order chi connectivity index (χ1) is 14.1. The molecule has 30 heavy (non-hydrogen) atoms. The van der Waals surface area contributed by atoms with E-state index >= 15 is 0 Å². The van der Waals surface area contributed by atoms with Crippen molar-refractivity contribution < 1.29 is 22.9 Å². The SMILES string of the molecule is COc1ccc([N+](=O)[O-])cc1N(CC(=O)N[C@H](C)CCc1ccccc1)S(C)(=O)=O. The van der Waals surface area contributed by atoms with Gasteiger partial charge >= 0.3 is 0 Å². The fraction of sp³-hybridized carbons (Fsp3) is 0.350. The molecule has 0 heterocycles. The lowest BCUT2D eigenvalue weighted by Gasteiger charge is -2.24. The number of hydrogen-bond acceptors (Lipinski definition) is 6. The van der Waals surface area contributed by atoms with Crippen LogP contribution >= 0.6 is 0 Å². The van der Waals surface area contributed by atoms with Crippen LogP contribution in [-0.4, -0.2) is 45.2 Å². The Bertz CT molecular complexity index is 995. The molecule has 0 fully saturated rings. The van der Waals surface area contributed by atoms with Gasteiger partial charge in [0.2, 0.25) is 15.9 Å². The third-order valence-corrected chi connectivity index (χ3v) is 5.57. The number of non-ortho nitro benzene ring substituents is 1. The minimum absolute atomic E-state index is 0.0683. The Kier molecular flexibility index (Phi) is 7.76. The first-order valence-corrected chi connectivity index (χ1v) is 11.1. The number of anilines is 1. The maximum Gasteiger partial charge on any atom is 0.271 e. The van der Waals surface area contributed by atoms with Crippen LogP contribution in [0.15, 0.2) is 48.5 Å². The maximum atomic E-state index is 12.5. The summed E-state index contributed by atoms with van der Waals surface area (Å²) in [7, 11) is -2.59. The van der Waals surface area contributed by atoms with Gasteiger partial charge < -0.3 is 10.1 Å². The minimum Gasteiger partial charge on any atom is -0.495 e. The van der Waals surface area contributed by atoms with E-state index in [0.29, 0.717) is 6.42 Å². The number of amides is 1. The van der Waals surface area contributed by atoms with Crippen LogP contribution in [0.5, 0.6) is 5.75 Å². The van der Waals surface area contributed by atoms with Crippen molar-refractivity contribution in [3.63, 3.8) is 0 Å². The van der Waals surface area contributed by atoms with Gasteiger partial charge in [0, 0.05) is 18.2 Å². The Hall–Kier alpha value is -3.14. The number of carbonyl (C=O) groups is 1. The van der Waals surface area contributed by atoms with Gasteiger partial charge in [-0.3, -0.25) is 19.2 Å². The van der Waals surface area contributed by atoms with E-state index in [1.807, 2.05) is 37.3 Å². The van der Waals surface area contributed by atoms with Crippen molar-refractivity contribution in [1.29, 1.82) is 0 Å². The second kappa shape index (κ2) is 10.1. The molecule has 0 spiro atoms. The van der Waals surface area contributed by atoms with E-state index in [1.54, 1.807) is 0 Å². The molecule has 2 rings (SSSR count). The number of hydrogen-bond donors (Lipinski definition) is 1. The van der Waals surface area contributed by atoms with Crippen LogP contribution in [-0.2, 0) is 21.2 Å². The molecule has 2 aromatic carbocycles. The molecule has 0 bridgehead atoms. The summed E-state index contributed by atoms with van der Waals surface area (Å²) >= 11 is 0. The van der Waals surface area contributed by atoms with E-state index in [1.165, 1.54) is 19.2 Å². The van der Waals surface area contributed by atoms with E-state index in [2.05, 4.69) is 5.32 Å². The molecule has 0 radical (unpaired) electrons. The highest BCUT2D eigenvalue weighted by Crippen LogP contribution is 2.33. The first-order valence-electron chi connectivity index (χ1n) is 9.25. The number of nitrogens with one attached hydrogen (secondary N) is 1. The monoisotopic (exact) mass is 435 g/mol. The summed E-state index contributed by atoms with van der Waals surface area (Å²) in [4.78, 5) is 23.0. The lowest BCUT2D eigenvalue weighted by molar-refractivity contribution is -0.384. The Morgan fingerprint density at radius 3 is 2.47 bits per heavy atom. The predicted molar refractivity (Wildman–Crippen MR) is 114 cm³/mol. The van der Waals surface area contributed by atoms with Crippen LogP contribution in [0.3, 0.4) is 0 Å². The summed E-state index contributed by atoms with van der Waals surface area (Å²) in [6.45, 7) is 1.31. The lowest BCUT2D eigenvalue weighted by Crippen LogP contribution is -2.43. The molecule has 1 N–H and O–H groups in total. The highest BCUT2D eigenvalue weighted by atomic mass is 32.2. The second-order valence-corrected chi connectivity index (χ2v) is 8.78. The van der Waals surface area contributed by atoms with Crippen molar-refractivity contribution >= 4 is 27.3 Å². The Morgan fingerprint density at radius 1 is 1.23 bits per heavy atom. The molecule has 162 valence electrons. The fourth-order valence-electron chi connectivity index (χ4n) is 2.92. The summed E-state index contributed by atoms with van der Waals surface area (Å²) in [5.74, 6) is -0.412. The molecule has 2 aromatic rings. The zero-order valence-corrected chi connectivity index (χ0v) is 17.9. The van der Waals surface area contributed by atoms with Gasteiger partial charge in [-0.15, -0.1) is 0 Å². The van der Waals surface area contributed by atoms with Gasteiger partial charge in [0.25, 0.3) is 5.69 Å². The van der Waals surface area contributed by atoms with Crippen LogP contribution < -0.4 is 14.4 Å². The van der Waals surface area contributed by atoms with Gasteiger partial charge in [-0.2, -0.15) is 0 Å². The van der Waals surface area contributed by atoms with Crippen molar-refractivity contribution in [3.05, 3.63) is 64.2 Å². The zero-order chi connectivity index (χ0) is 22.3. The highest BCUT2D eigenvalue weighted by Gasteiger charge is 2.26. The molecule has 1 amide bonds. The number of methoxy groups -OCH3 is 1.